The summed E-state index contributed by atoms with van der Waals surface area (Å²) in [5.41, 5.74) is -1.01. The minimum Gasteiger partial charge on any atom is -0.467 e. The van der Waals surface area contributed by atoms with Gasteiger partial charge in [-0.05, 0) is 24.7 Å². The van der Waals surface area contributed by atoms with Gasteiger partial charge in [0.2, 0.25) is 0 Å². The summed E-state index contributed by atoms with van der Waals surface area (Å²) in [5, 5.41) is 0. The first-order valence-electron chi connectivity index (χ1n) is 6.68. The highest BCUT2D eigenvalue weighted by Gasteiger charge is 2.75. The number of methoxy groups -OCH3 is 1. The molecule has 1 aliphatic heterocycles. The molecule has 1 fully saturated rings. The Bertz CT molecular complexity index is 287. The van der Waals surface area contributed by atoms with Crippen molar-refractivity contribution >= 4 is 5.97 Å². The van der Waals surface area contributed by atoms with Crippen LogP contribution in [0.15, 0.2) is 0 Å². The SMILES string of the molecule is CCC(C)CC1(CC)OC1(C(=O)OC)C(C)C. The van der Waals surface area contributed by atoms with Crippen LogP contribution in [-0.2, 0) is 14.3 Å². The van der Waals surface area contributed by atoms with Crippen LogP contribution in [0.25, 0.3) is 0 Å². The Labute approximate surface area is 105 Å². The average molecular weight is 242 g/mol. The molecule has 1 heterocycles. The monoisotopic (exact) mass is 242 g/mol. The van der Waals surface area contributed by atoms with Crippen LogP contribution in [0.3, 0.4) is 0 Å². The summed E-state index contributed by atoms with van der Waals surface area (Å²) in [5.74, 6) is 0.511. The molecule has 100 valence electrons. The molecule has 0 aromatic heterocycles. The van der Waals surface area contributed by atoms with Crippen molar-refractivity contribution < 1.29 is 14.3 Å². The van der Waals surface area contributed by atoms with Gasteiger partial charge in [0, 0.05) is 0 Å². The van der Waals surface area contributed by atoms with Crippen molar-refractivity contribution in [2.24, 2.45) is 11.8 Å². The summed E-state index contributed by atoms with van der Waals surface area (Å²) in [7, 11) is 1.44. The zero-order valence-corrected chi connectivity index (χ0v) is 12.0. The molecule has 0 radical (unpaired) electrons. The molecule has 0 bridgehead atoms. The number of rotatable bonds is 6. The Hall–Kier alpha value is -0.570. The summed E-state index contributed by atoms with van der Waals surface area (Å²) in [4.78, 5) is 12.0. The third kappa shape index (κ3) is 2.10. The Kier molecular flexibility index (Phi) is 4.23. The Morgan fingerprint density at radius 1 is 1.29 bits per heavy atom. The lowest BCUT2D eigenvalue weighted by Gasteiger charge is -2.22. The first-order chi connectivity index (χ1) is 7.90. The van der Waals surface area contributed by atoms with Crippen LogP contribution in [0.1, 0.15) is 53.9 Å². The molecule has 3 atom stereocenters. The smallest absolute Gasteiger partial charge is 0.341 e. The van der Waals surface area contributed by atoms with Crippen LogP contribution >= 0.6 is 0 Å². The first kappa shape index (κ1) is 14.5. The van der Waals surface area contributed by atoms with E-state index in [1.807, 2.05) is 13.8 Å². The third-order valence-corrected chi connectivity index (χ3v) is 4.24. The van der Waals surface area contributed by atoms with Crippen LogP contribution < -0.4 is 0 Å². The summed E-state index contributed by atoms with van der Waals surface area (Å²) in [6.07, 6.45) is 2.92. The topological polar surface area (TPSA) is 38.8 Å². The second-order valence-electron chi connectivity index (χ2n) is 5.55. The van der Waals surface area contributed by atoms with Gasteiger partial charge in [-0.3, -0.25) is 0 Å². The first-order valence-corrected chi connectivity index (χ1v) is 6.68. The molecule has 1 aliphatic rings. The highest BCUT2D eigenvalue weighted by Crippen LogP contribution is 2.59. The van der Waals surface area contributed by atoms with Gasteiger partial charge in [-0.1, -0.05) is 41.0 Å². The molecule has 0 aromatic carbocycles. The van der Waals surface area contributed by atoms with Crippen molar-refractivity contribution in [1.82, 2.24) is 0 Å². The van der Waals surface area contributed by atoms with Crippen LogP contribution in [0.5, 0.6) is 0 Å². The molecule has 0 amide bonds. The number of hydrogen-bond donors (Lipinski definition) is 0. The van der Waals surface area contributed by atoms with Crippen molar-refractivity contribution in [3.8, 4) is 0 Å². The van der Waals surface area contributed by atoms with Crippen LogP contribution in [0.2, 0.25) is 0 Å². The molecule has 3 unspecified atom stereocenters. The maximum absolute atomic E-state index is 12.0. The quantitative estimate of drug-likeness (QED) is 0.530. The lowest BCUT2D eigenvalue weighted by molar-refractivity contribution is -0.148. The molecule has 1 saturated heterocycles. The molecule has 0 aromatic rings. The standard InChI is InChI=1S/C14H26O3/c1-7-11(5)9-13(8-2)14(17-13,10(3)4)12(15)16-6/h10-11H,7-9H2,1-6H3. The number of hydrogen-bond acceptors (Lipinski definition) is 3. The molecule has 3 nitrogen and oxygen atoms in total. The van der Waals surface area contributed by atoms with E-state index in [2.05, 4.69) is 20.8 Å². The summed E-state index contributed by atoms with van der Waals surface area (Å²) < 4.78 is 10.9. The van der Waals surface area contributed by atoms with E-state index in [-0.39, 0.29) is 17.5 Å². The lowest BCUT2D eigenvalue weighted by Crippen LogP contribution is -2.40. The van der Waals surface area contributed by atoms with E-state index in [4.69, 9.17) is 9.47 Å². The molecular weight excluding hydrogens is 216 g/mol. The van der Waals surface area contributed by atoms with E-state index in [1.54, 1.807) is 0 Å². The van der Waals surface area contributed by atoms with Gasteiger partial charge >= 0.3 is 5.97 Å². The Balaban J connectivity index is 2.93. The van der Waals surface area contributed by atoms with Crippen molar-refractivity contribution in [2.75, 3.05) is 7.11 Å². The van der Waals surface area contributed by atoms with Crippen LogP contribution in [0.4, 0.5) is 0 Å². The zero-order chi connectivity index (χ0) is 13.3. The van der Waals surface area contributed by atoms with E-state index in [9.17, 15) is 4.79 Å². The van der Waals surface area contributed by atoms with E-state index >= 15 is 0 Å². The Morgan fingerprint density at radius 2 is 1.88 bits per heavy atom. The van der Waals surface area contributed by atoms with Gasteiger partial charge < -0.3 is 9.47 Å². The lowest BCUT2D eigenvalue weighted by atomic mass is 9.77. The van der Waals surface area contributed by atoms with E-state index < -0.39 is 5.60 Å². The van der Waals surface area contributed by atoms with Crippen LogP contribution in [0, 0.1) is 11.8 Å². The van der Waals surface area contributed by atoms with Crippen molar-refractivity contribution in [3.05, 3.63) is 0 Å². The number of epoxide rings is 1. The number of carbonyl (C=O) groups excluding carboxylic acids is 1. The highest BCUT2D eigenvalue weighted by atomic mass is 16.7. The van der Waals surface area contributed by atoms with Gasteiger partial charge in [-0.25, -0.2) is 4.79 Å². The number of ether oxygens (including phenoxy) is 2. The number of carbonyl (C=O) groups is 1. The Morgan fingerprint density at radius 3 is 2.24 bits per heavy atom. The summed E-state index contributed by atoms with van der Waals surface area (Å²) in [6, 6.07) is 0. The van der Waals surface area contributed by atoms with Crippen molar-refractivity contribution in [3.63, 3.8) is 0 Å². The van der Waals surface area contributed by atoms with Gasteiger partial charge in [0.1, 0.15) is 5.60 Å². The molecular formula is C14H26O3. The fourth-order valence-corrected chi connectivity index (χ4v) is 2.92. The molecule has 1 rings (SSSR count). The second kappa shape index (κ2) is 4.97. The molecule has 17 heavy (non-hydrogen) atoms. The minimum absolute atomic E-state index is 0.152. The zero-order valence-electron chi connectivity index (χ0n) is 12.0. The number of esters is 1. The van der Waals surface area contributed by atoms with Crippen LogP contribution in [-0.4, -0.2) is 24.3 Å². The summed E-state index contributed by atoms with van der Waals surface area (Å²) in [6.45, 7) is 10.5. The predicted octanol–water partition coefficient (Wildman–Crippen LogP) is 3.17. The van der Waals surface area contributed by atoms with E-state index in [0.717, 1.165) is 19.3 Å². The van der Waals surface area contributed by atoms with Crippen molar-refractivity contribution in [2.45, 2.75) is 65.1 Å². The maximum atomic E-state index is 12.0. The second-order valence-corrected chi connectivity index (χ2v) is 5.55. The average Bonchev–Trinajstić information content (AvgIpc) is 2.98. The minimum atomic E-state index is -0.708. The fourth-order valence-electron chi connectivity index (χ4n) is 2.92. The molecule has 0 spiro atoms. The predicted molar refractivity (Wildman–Crippen MR) is 67.8 cm³/mol. The van der Waals surface area contributed by atoms with Gasteiger partial charge in [-0.2, -0.15) is 0 Å². The van der Waals surface area contributed by atoms with Gasteiger partial charge in [-0.15, -0.1) is 0 Å². The molecule has 0 aliphatic carbocycles. The third-order valence-electron chi connectivity index (χ3n) is 4.24. The largest absolute Gasteiger partial charge is 0.467 e. The molecule has 0 N–H and O–H groups in total. The molecule has 0 saturated carbocycles. The van der Waals surface area contributed by atoms with Gasteiger partial charge in [0.15, 0.2) is 5.60 Å². The summed E-state index contributed by atoms with van der Waals surface area (Å²) >= 11 is 0. The van der Waals surface area contributed by atoms with Crippen molar-refractivity contribution in [1.29, 1.82) is 0 Å². The van der Waals surface area contributed by atoms with Gasteiger partial charge in [0.25, 0.3) is 0 Å². The molecule has 3 heteroatoms. The highest BCUT2D eigenvalue weighted by molar-refractivity contribution is 5.85. The van der Waals surface area contributed by atoms with Gasteiger partial charge in [0.05, 0.1) is 7.11 Å². The normalized spacial score (nSPS) is 33.6. The maximum Gasteiger partial charge on any atom is 0.341 e. The van der Waals surface area contributed by atoms with E-state index in [1.165, 1.54) is 7.11 Å². The fraction of sp³-hybridized carbons (Fsp3) is 0.929. The van der Waals surface area contributed by atoms with E-state index in [0.29, 0.717) is 5.92 Å².